The van der Waals surface area contributed by atoms with E-state index in [4.69, 9.17) is 33.5 Å². The first-order valence-electron chi connectivity index (χ1n) is 10.8. The number of aromatic nitrogens is 4. The molecule has 0 radical (unpaired) electrons. The van der Waals surface area contributed by atoms with Gasteiger partial charge in [-0.25, -0.2) is 15.0 Å². The molecule has 0 unspecified atom stereocenters. The number of carbonyl (C=O) groups is 1. The molecular formula is C23H19Cl2N7O2. The van der Waals surface area contributed by atoms with E-state index in [1.165, 1.54) is 6.33 Å². The van der Waals surface area contributed by atoms with Crippen LogP contribution in [-0.4, -0.2) is 44.6 Å². The van der Waals surface area contributed by atoms with Gasteiger partial charge in [-0.3, -0.25) is 4.79 Å². The average molecular weight is 496 g/mol. The third-order valence-corrected chi connectivity index (χ3v) is 7.32. The van der Waals surface area contributed by atoms with E-state index in [0.717, 1.165) is 30.5 Å². The predicted molar refractivity (Wildman–Crippen MR) is 129 cm³/mol. The number of benzene rings is 1. The Balaban J connectivity index is 1.24. The van der Waals surface area contributed by atoms with Crippen molar-refractivity contribution in [2.75, 3.05) is 17.2 Å². The molecule has 2 aliphatic rings. The number of nitrogen functional groups attached to an aromatic ring is 1. The number of hydrogen-bond donors (Lipinski definition) is 2. The third kappa shape index (κ3) is 3.35. The fourth-order valence-corrected chi connectivity index (χ4v) is 5.64. The molecule has 3 aromatic heterocycles. The van der Waals surface area contributed by atoms with Gasteiger partial charge in [0.1, 0.15) is 6.33 Å². The first-order valence-corrected chi connectivity index (χ1v) is 11.6. The molecule has 34 heavy (non-hydrogen) atoms. The Morgan fingerprint density at radius 2 is 1.94 bits per heavy atom. The molecule has 2 fully saturated rings. The van der Waals surface area contributed by atoms with Gasteiger partial charge in [0, 0.05) is 30.7 Å². The summed E-state index contributed by atoms with van der Waals surface area (Å²) in [5.74, 6) is 0.949. The maximum Gasteiger partial charge on any atom is 0.253 e. The fourth-order valence-electron chi connectivity index (χ4n) is 5.15. The second-order valence-electron chi connectivity index (χ2n) is 8.58. The number of rotatable bonds is 4. The summed E-state index contributed by atoms with van der Waals surface area (Å²) in [6.07, 6.45) is 8.37. The monoisotopic (exact) mass is 495 g/mol. The van der Waals surface area contributed by atoms with E-state index in [2.05, 4.69) is 30.3 Å². The average Bonchev–Trinajstić information content (AvgIpc) is 3.53. The van der Waals surface area contributed by atoms with Gasteiger partial charge in [-0.1, -0.05) is 34.4 Å². The van der Waals surface area contributed by atoms with Gasteiger partial charge >= 0.3 is 0 Å². The number of nitrogens with zero attached hydrogens (tertiary/aromatic N) is 5. The van der Waals surface area contributed by atoms with Gasteiger partial charge < -0.3 is 20.5 Å². The van der Waals surface area contributed by atoms with Gasteiger partial charge in [0.25, 0.3) is 5.91 Å². The normalized spacial score (nSPS) is 21.4. The zero-order valence-electron chi connectivity index (χ0n) is 17.8. The number of piperidine rings is 1. The van der Waals surface area contributed by atoms with E-state index in [-0.39, 0.29) is 29.7 Å². The van der Waals surface area contributed by atoms with Gasteiger partial charge in [0.15, 0.2) is 11.6 Å². The number of carbonyl (C=O) groups excluding carboxylic acids is 1. The Labute approximate surface area is 204 Å². The summed E-state index contributed by atoms with van der Waals surface area (Å²) in [7, 11) is 0. The lowest BCUT2D eigenvalue weighted by Gasteiger charge is -2.28. The lowest BCUT2D eigenvalue weighted by atomic mass is 10.0. The molecule has 3 N–H and O–H groups in total. The number of nitrogens with one attached hydrogen (secondary N) is 1. The maximum absolute atomic E-state index is 13.2. The minimum atomic E-state index is -0.206. The zero-order chi connectivity index (χ0) is 23.4. The topological polar surface area (TPSA) is 123 Å². The molecule has 172 valence electrons. The van der Waals surface area contributed by atoms with Crippen molar-refractivity contribution >= 4 is 51.7 Å². The highest BCUT2D eigenvalue weighted by molar-refractivity contribution is 6.36. The van der Waals surface area contributed by atoms with Gasteiger partial charge in [0.2, 0.25) is 5.58 Å². The van der Waals surface area contributed by atoms with Crippen LogP contribution in [0, 0.1) is 5.92 Å². The number of anilines is 2. The number of hydrogen-bond acceptors (Lipinski definition) is 8. The second kappa shape index (κ2) is 8.11. The summed E-state index contributed by atoms with van der Waals surface area (Å²) in [4.78, 5) is 27.9. The molecule has 1 aliphatic carbocycles. The molecule has 4 heterocycles. The van der Waals surface area contributed by atoms with Crippen LogP contribution >= 0.6 is 23.2 Å². The molecule has 2 bridgehead atoms. The van der Waals surface area contributed by atoms with Crippen LogP contribution in [-0.2, 0) is 0 Å². The van der Waals surface area contributed by atoms with Crippen molar-refractivity contribution in [1.82, 2.24) is 25.4 Å². The molecule has 1 aliphatic heterocycles. The number of amides is 1. The molecule has 6 rings (SSSR count). The number of nitrogens with two attached hydrogens (primary N) is 1. The smallest absolute Gasteiger partial charge is 0.253 e. The highest BCUT2D eigenvalue weighted by Crippen LogP contribution is 2.43. The zero-order valence-corrected chi connectivity index (χ0v) is 19.3. The van der Waals surface area contributed by atoms with Crippen molar-refractivity contribution in [2.24, 2.45) is 5.92 Å². The lowest BCUT2D eigenvalue weighted by molar-refractivity contribution is 0.0932. The molecule has 4 aromatic rings. The number of halogens is 2. The molecule has 1 saturated carbocycles. The summed E-state index contributed by atoms with van der Waals surface area (Å²) in [6, 6.07) is 5.36. The first kappa shape index (κ1) is 21.1. The molecule has 11 heteroatoms. The number of pyridine rings is 1. The van der Waals surface area contributed by atoms with Crippen molar-refractivity contribution in [1.29, 1.82) is 0 Å². The summed E-state index contributed by atoms with van der Waals surface area (Å²) in [5, 5.41) is 8.39. The van der Waals surface area contributed by atoms with Crippen LogP contribution in [0.25, 0.3) is 22.1 Å². The van der Waals surface area contributed by atoms with E-state index in [0.29, 0.717) is 32.4 Å². The summed E-state index contributed by atoms with van der Waals surface area (Å²) in [5.41, 5.74) is 8.49. The molecule has 0 spiro atoms. The highest BCUT2D eigenvalue weighted by atomic mass is 35.5. The Hall–Kier alpha value is -3.43. The standard InChI is InChI=1S/C23H19Cl2N7O2/c24-15-5-11(13-6-27-10-28-7-13)1-3-14(15)23(33)30-19-12-2-4-17(19)32(9-12)22-20-18(16(25)8-29-22)21(26)31-34-20/h1,3,5-8,10,12,17,19H,2,4,9H2,(H2,26,31)(H,30,33)/t12-,17-,19+/m0/s1. The largest absolute Gasteiger partial charge is 0.380 e. The maximum atomic E-state index is 13.2. The summed E-state index contributed by atoms with van der Waals surface area (Å²) < 4.78 is 5.45. The van der Waals surface area contributed by atoms with Crippen LogP contribution in [0.1, 0.15) is 23.2 Å². The van der Waals surface area contributed by atoms with Crippen molar-refractivity contribution in [3.05, 3.63) is 58.7 Å². The Morgan fingerprint density at radius 1 is 1.12 bits per heavy atom. The van der Waals surface area contributed by atoms with Crippen molar-refractivity contribution in [2.45, 2.75) is 24.9 Å². The molecular weight excluding hydrogens is 477 g/mol. The molecule has 1 saturated heterocycles. The summed E-state index contributed by atoms with van der Waals surface area (Å²) in [6.45, 7) is 0.737. The Kier molecular flexibility index (Phi) is 5.04. The minimum Gasteiger partial charge on any atom is -0.380 e. The van der Waals surface area contributed by atoms with Crippen molar-refractivity contribution in [3.8, 4) is 11.1 Å². The molecule has 3 atom stereocenters. The Bertz CT molecular complexity index is 1410. The van der Waals surface area contributed by atoms with Crippen LogP contribution in [0.15, 0.2) is 47.6 Å². The Morgan fingerprint density at radius 3 is 2.74 bits per heavy atom. The van der Waals surface area contributed by atoms with Crippen LogP contribution in [0.2, 0.25) is 10.0 Å². The lowest BCUT2D eigenvalue weighted by Crippen LogP contribution is -2.44. The van der Waals surface area contributed by atoms with Gasteiger partial charge in [-0.2, -0.15) is 0 Å². The molecule has 1 aromatic carbocycles. The van der Waals surface area contributed by atoms with E-state index < -0.39 is 0 Å². The van der Waals surface area contributed by atoms with Crippen LogP contribution in [0.4, 0.5) is 11.6 Å². The van der Waals surface area contributed by atoms with E-state index in [1.54, 1.807) is 30.7 Å². The van der Waals surface area contributed by atoms with E-state index >= 15 is 0 Å². The number of fused-ring (bicyclic) bond motifs is 3. The van der Waals surface area contributed by atoms with Crippen LogP contribution in [0.5, 0.6) is 0 Å². The third-order valence-electron chi connectivity index (χ3n) is 6.73. The van der Waals surface area contributed by atoms with Crippen molar-refractivity contribution < 1.29 is 9.32 Å². The molecule has 9 nitrogen and oxygen atoms in total. The predicted octanol–water partition coefficient (Wildman–Crippen LogP) is 3.97. The fraction of sp³-hybridized carbons (Fsp3) is 0.261. The minimum absolute atomic E-state index is 0.0430. The SMILES string of the molecule is Nc1noc2c(N3C[C@@H]4CC[C@H]3[C@@H]4NC(=O)c3ccc(-c4cncnc4)cc3Cl)ncc(Cl)c12. The second-order valence-corrected chi connectivity index (χ2v) is 9.39. The summed E-state index contributed by atoms with van der Waals surface area (Å²) >= 11 is 12.7. The van der Waals surface area contributed by atoms with Gasteiger partial charge in [-0.15, -0.1) is 0 Å². The van der Waals surface area contributed by atoms with Gasteiger partial charge in [-0.05, 0) is 36.5 Å². The van der Waals surface area contributed by atoms with Crippen molar-refractivity contribution in [3.63, 3.8) is 0 Å². The van der Waals surface area contributed by atoms with Crippen LogP contribution in [0.3, 0.4) is 0 Å². The van der Waals surface area contributed by atoms with E-state index in [1.807, 2.05) is 6.07 Å². The van der Waals surface area contributed by atoms with Crippen LogP contribution < -0.4 is 16.0 Å². The highest BCUT2D eigenvalue weighted by Gasteiger charge is 2.49. The molecule has 1 amide bonds. The quantitative estimate of drug-likeness (QED) is 0.435. The van der Waals surface area contributed by atoms with Gasteiger partial charge in [0.05, 0.1) is 33.1 Å². The van der Waals surface area contributed by atoms with E-state index in [9.17, 15) is 4.79 Å². The first-order chi connectivity index (χ1) is 16.5.